The Labute approximate surface area is 124 Å². The van der Waals surface area contributed by atoms with Crippen molar-refractivity contribution in [3.05, 3.63) is 39.8 Å². The molecule has 0 aliphatic heterocycles. The van der Waals surface area contributed by atoms with E-state index in [1.165, 1.54) is 11.3 Å². The topological polar surface area (TPSA) is 48.4 Å². The molecule has 1 atom stereocenters. The number of aromatic nitrogens is 1. The van der Waals surface area contributed by atoms with Crippen molar-refractivity contribution in [2.24, 2.45) is 0 Å². The van der Waals surface area contributed by atoms with Gasteiger partial charge in [-0.25, -0.2) is 4.98 Å². The summed E-state index contributed by atoms with van der Waals surface area (Å²) in [6.45, 7) is 4.55. The number of hydrogen-bond donors (Lipinski definition) is 2. The molecule has 0 saturated carbocycles. The maximum Gasteiger partial charge on any atom is 0.112 e. The zero-order chi connectivity index (χ0) is 14.7. The number of nitrogens with zero attached hydrogens (tertiary/aromatic N) is 2. The molecule has 1 aromatic carbocycles. The van der Waals surface area contributed by atoms with Crippen LogP contribution >= 0.6 is 11.3 Å². The van der Waals surface area contributed by atoms with E-state index in [9.17, 15) is 5.11 Å². The van der Waals surface area contributed by atoms with Crippen LogP contribution in [-0.2, 0) is 6.54 Å². The van der Waals surface area contributed by atoms with E-state index in [1.54, 1.807) is 24.5 Å². The monoisotopic (exact) mass is 291 g/mol. The Bertz CT molecular complexity index is 578. The first-order valence-electron chi connectivity index (χ1n) is 6.62. The predicted molar refractivity (Wildman–Crippen MR) is 85.6 cm³/mol. The Morgan fingerprint density at radius 1 is 1.40 bits per heavy atom. The maximum atomic E-state index is 9.51. The first-order chi connectivity index (χ1) is 9.49. The van der Waals surface area contributed by atoms with Crippen molar-refractivity contribution in [3.8, 4) is 0 Å². The lowest BCUT2D eigenvalue weighted by Crippen LogP contribution is -2.11. The highest BCUT2D eigenvalue weighted by Crippen LogP contribution is 2.26. The standard InChI is InChI=1S/C15H21N3OS/c1-10-12(6-5-7-13(10)18(3)4)16-9-15-17-8-14(20-15)11(2)19/h5-8,11,16,19H,9H2,1-4H3/t11-/m0/s1. The Balaban J connectivity index is 2.08. The van der Waals surface area contributed by atoms with Crippen LogP contribution in [0.25, 0.3) is 0 Å². The van der Waals surface area contributed by atoms with E-state index in [4.69, 9.17) is 0 Å². The number of benzene rings is 1. The van der Waals surface area contributed by atoms with Gasteiger partial charge in [0.2, 0.25) is 0 Å². The van der Waals surface area contributed by atoms with Crippen LogP contribution in [0.1, 0.15) is 28.5 Å². The van der Waals surface area contributed by atoms with Crippen LogP contribution in [0.15, 0.2) is 24.4 Å². The molecule has 4 nitrogen and oxygen atoms in total. The van der Waals surface area contributed by atoms with Gasteiger partial charge in [0.1, 0.15) is 5.01 Å². The summed E-state index contributed by atoms with van der Waals surface area (Å²) in [5.41, 5.74) is 3.55. The Hall–Kier alpha value is -1.59. The molecule has 2 aromatic rings. The third kappa shape index (κ3) is 3.29. The smallest absolute Gasteiger partial charge is 0.112 e. The Morgan fingerprint density at radius 2 is 2.15 bits per heavy atom. The minimum absolute atomic E-state index is 0.444. The Morgan fingerprint density at radius 3 is 2.75 bits per heavy atom. The van der Waals surface area contributed by atoms with Gasteiger partial charge < -0.3 is 15.3 Å². The van der Waals surface area contributed by atoms with Gasteiger partial charge in [-0.1, -0.05) is 6.07 Å². The van der Waals surface area contributed by atoms with Crippen LogP contribution in [-0.4, -0.2) is 24.2 Å². The van der Waals surface area contributed by atoms with Crippen LogP contribution in [0.5, 0.6) is 0 Å². The highest BCUT2D eigenvalue weighted by molar-refractivity contribution is 7.11. The second-order valence-corrected chi connectivity index (χ2v) is 6.18. The quantitative estimate of drug-likeness (QED) is 0.888. The summed E-state index contributed by atoms with van der Waals surface area (Å²) in [4.78, 5) is 7.34. The fourth-order valence-corrected chi connectivity index (χ4v) is 2.87. The predicted octanol–water partition coefficient (Wildman–Crippen LogP) is 3.18. The van der Waals surface area contributed by atoms with Crippen molar-refractivity contribution in [2.75, 3.05) is 24.3 Å². The third-order valence-corrected chi connectivity index (χ3v) is 4.37. The van der Waals surface area contributed by atoms with Crippen molar-refractivity contribution >= 4 is 22.7 Å². The minimum Gasteiger partial charge on any atom is -0.388 e. The zero-order valence-corrected chi connectivity index (χ0v) is 13.2. The first kappa shape index (κ1) is 14.8. The minimum atomic E-state index is -0.444. The summed E-state index contributed by atoms with van der Waals surface area (Å²) >= 11 is 1.54. The molecule has 5 heteroatoms. The van der Waals surface area contributed by atoms with Gasteiger partial charge in [0, 0.05) is 31.7 Å². The summed E-state index contributed by atoms with van der Waals surface area (Å²) in [5.74, 6) is 0. The molecule has 0 amide bonds. The molecule has 20 heavy (non-hydrogen) atoms. The van der Waals surface area contributed by atoms with E-state index in [2.05, 4.69) is 34.3 Å². The summed E-state index contributed by atoms with van der Waals surface area (Å²) in [6, 6.07) is 6.23. The molecule has 1 heterocycles. The second kappa shape index (κ2) is 6.24. The summed E-state index contributed by atoms with van der Waals surface area (Å²) in [5, 5.41) is 13.9. The van der Waals surface area contributed by atoms with Gasteiger partial charge in [0.05, 0.1) is 17.5 Å². The van der Waals surface area contributed by atoms with Crippen LogP contribution in [0.4, 0.5) is 11.4 Å². The van der Waals surface area contributed by atoms with E-state index in [0.717, 1.165) is 15.6 Å². The van der Waals surface area contributed by atoms with Crippen molar-refractivity contribution < 1.29 is 5.11 Å². The highest BCUT2D eigenvalue weighted by atomic mass is 32.1. The fourth-order valence-electron chi connectivity index (χ4n) is 2.07. The number of aliphatic hydroxyl groups is 1. The molecule has 0 aliphatic carbocycles. The van der Waals surface area contributed by atoms with Crippen molar-refractivity contribution in [1.29, 1.82) is 0 Å². The number of rotatable bonds is 5. The lowest BCUT2D eigenvalue weighted by Gasteiger charge is -2.18. The lowest BCUT2D eigenvalue weighted by atomic mass is 10.1. The largest absolute Gasteiger partial charge is 0.388 e. The van der Waals surface area contributed by atoms with Gasteiger partial charge in [-0.15, -0.1) is 11.3 Å². The molecule has 0 saturated heterocycles. The van der Waals surface area contributed by atoms with Gasteiger partial charge in [-0.05, 0) is 31.5 Å². The normalized spacial score (nSPS) is 12.2. The van der Waals surface area contributed by atoms with Crippen molar-refractivity contribution in [2.45, 2.75) is 26.5 Å². The number of nitrogens with one attached hydrogen (secondary N) is 1. The van der Waals surface area contributed by atoms with E-state index in [0.29, 0.717) is 6.54 Å². The molecular formula is C15H21N3OS. The van der Waals surface area contributed by atoms with Gasteiger partial charge in [-0.2, -0.15) is 0 Å². The van der Waals surface area contributed by atoms with Crippen LogP contribution in [0.2, 0.25) is 0 Å². The van der Waals surface area contributed by atoms with Crippen molar-refractivity contribution in [1.82, 2.24) is 4.98 Å². The van der Waals surface area contributed by atoms with E-state index in [1.807, 2.05) is 20.2 Å². The van der Waals surface area contributed by atoms with Crippen LogP contribution < -0.4 is 10.2 Å². The molecule has 1 aromatic heterocycles. The molecule has 0 spiro atoms. The average Bonchev–Trinajstić information content (AvgIpc) is 2.86. The maximum absolute atomic E-state index is 9.51. The number of thiazole rings is 1. The van der Waals surface area contributed by atoms with E-state index in [-0.39, 0.29) is 0 Å². The number of aliphatic hydroxyl groups excluding tert-OH is 1. The lowest BCUT2D eigenvalue weighted by molar-refractivity contribution is 0.203. The molecule has 108 valence electrons. The fraction of sp³-hybridized carbons (Fsp3) is 0.400. The molecule has 0 fully saturated rings. The van der Waals surface area contributed by atoms with E-state index >= 15 is 0 Å². The van der Waals surface area contributed by atoms with E-state index < -0.39 is 6.10 Å². The molecule has 2 rings (SSSR count). The van der Waals surface area contributed by atoms with Crippen LogP contribution in [0, 0.1) is 6.92 Å². The van der Waals surface area contributed by atoms with Gasteiger partial charge in [0.25, 0.3) is 0 Å². The second-order valence-electron chi connectivity index (χ2n) is 5.03. The van der Waals surface area contributed by atoms with Gasteiger partial charge in [-0.3, -0.25) is 0 Å². The number of anilines is 2. The molecule has 2 N–H and O–H groups in total. The average molecular weight is 291 g/mol. The summed E-state index contributed by atoms with van der Waals surface area (Å²) in [6.07, 6.45) is 1.30. The molecule has 0 bridgehead atoms. The van der Waals surface area contributed by atoms with Crippen molar-refractivity contribution in [3.63, 3.8) is 0 Å². The summed E-state index contributed by atoms with van der Waals surface area (Å²) in [7, 11) is 4.09. The Kier molecular flexibility index (Phi) is 4.62. The molecular weight excluding hydrogens is 270 g/mol. The van der Waals surface area contributed by atoms with Crippen LogP contribution in [0.3, 0.4) is 0 Å². The zero-order valence-electron chi connectivity index (χ0n) is 12.3. The van der Waals surface area contributed by atoms with Gasteiger partial charge in [0.15, 0.2) is 0 Å². The SMILES string of the molecule is Cc1c(NCc2ncc([C@H](C)O)s2)cccc1N(C)C. The molecule has 0 unspecified atom stereocenters. The van der Waals surface area contributed by atoms with Gasteiger partial charge >= 0.3 is 0 Å². The third-order valence-electron chi connectivity index (χ3n) is 3.20. The highest BCUT2D eigenvalue weighted by Gasteiger charge is 2.08. The summed E-state index contributed by atoms with van der Waals surface area (Å²) < 4.78 is 0. The molecule has 0 aliphatic rings. The first-order valence-corrected chi connectivity index (χ1v) is 7.44. The molecule has 0 radical (unpaired) electrons. The number of hydrogen-bond acceptors (Lipinski definition) is 5.